The fraction of sp³-hybridized carbons (Fsp3) is 0.292. The molecule has 5 amide bonds. The van der Waals surface area contributed by atoms with Crippen LogP contribution in [0.4, 0.5) is 4.79 Å². The third-order valence-corrected chi connectivity index (χ3v) is 6.48. The molecule has 2 aromatic carbocycles. The van der Waals surface area contributed by atoms with E-state index in [9.17, 15) is 44.3 Å². The van der Waals surface area contributed by atoms with Crippen LogP contribution in [0.15, 0.2) is 36.4 Å². The van der Waals surface area contributed by atoms with Gasteiger partial charge in [-0.3, -0.25) is 19.3 Å². The highest BCUT2D eigenvalue weighted by atomic mass is 16.5. The number of phenolic OH excluding ortho intramolecular Hbond substituents is 2. The lowest BCUT2D eigenvalue weighted by atomic mass is 9.72. The first-order valence-corrected chi connectivity index (χ1v) is 11.9. The minimum Gasteiger partial charge on any atom is -0.534 e. The van der Waals surface area contributed by atoms with Crippen LogP contribution in [-0.2, 0) is 20.8 Å². The molecule has 2 heterocycles. The normalized spacial score (nSPS) is 17.7. The molecule has 0 radical (unpaired) electrons. The van der Waals surface area contributed by atoms with Crippen LogP contribution in [0.1, 0.15) is 34.5 Å². The van der Waals surface area contributed by atoms with Crippen molar-refractivity contribution in [2.45, 2.75) is 25.3 Å². The summed E-state index contributed by atoms with van der Waals surface area (Å²) < 4.78 is 5.39. The van der Waals surface area contributed by atoms with Crippen LogP contribution in [0.5, 0.6) is 17.2 Å². The van der Waals surface area contributed by atoms with Crippen molar-refractivity contribution in [3.63, 3.8) is 0 Å². The topological polar surface area (TPSA) is 206 Å². The van der Waals surface area contributed by atoms with Gasteiger partial charge in [0.15, 0.2) is 11.5 Å². The van der Waals surface area contributed by atoms with E-state index in [1.54, 1.807) is 13.0 Å². The van der Waals surface area contributed by atoms with Crippen molar-refractivity contribution < 1.29 is 49.0 Å². The molecule has 14 nitrogen and oxygen atoms in total. The minimum absolute atomic E-state index is 0.0156. The molecule has 1 saturated heterocycles. The summed E-state index contributed by atoms with van der Waals surface area (Å²) in [6.07, 6.45) is -0.0170. The largest absolute Gasteiger partial charge is 0.547 e. The van der Waals surface area contributed by atoms with Crippen molar-refractivity contribution in [1.29, 1.82) is 0 Å². The summed E-state index contributed by atoms with van der Waals surface area (Å²) in [5.74, 6) is -6.27. The van der Waals surface area contributed by atoms with E-state index < -0.39 is 60.3 Å². The van der Waals surface area contributed by atoms with Gasteiger partial charge in [-0.2, -0.15) is 0 Å². The average molecular weight is 540 g/mol. The average Bonchev–Trinajstić information content (AvgIpc) is 2.90. The van der Waals surface area contributed by atoms with E-state index in [0.29, 0.717) is 10.5 Å². The van der Waals surface area contributed by atoms with E-state index in [0.717, 1.165) is 12.1 Å². The number of para-hydroxylation sites is 1. The fourth-order valence-electron chi connectivity index (χ4n) is 4.37. The number of piperazine rings is 1. The number of benzene rings is 2. The maximum Gasteiger partial charge on any atom is 0.547 e. The van der Waals surface area contributed by atoms with Crippen LogP contribution in [0.25, 0.3) is 0 Å². The van der Waals surface area contributed by atoms with Crippen LogP contribution in [0.2, 0.25) is 0 Å². The number of carboxylic acids is 1. The minimum atomic E-state index is -1.65. The number of carbonyl (C=O) groups excluding carboxylic acids is 4. The van der Waals surface area contributed by atoms with Gasteiger partial charge in [-0.1, -0.05) is 18.2 Å². The van der Waals surface area contributed by atoms with E-state index in [1.165, 1.54) is 23.1 Å². The van der Waals surface area contributed by atoms with E-state index in [2.05, 4.69) is 10.6 Å². The number of amides is 5. The zero-order valence-corrected chi connectivity index (χ0v) is 20.7. The highest BCUT2D eigenvalue weighted by Gasteiger charge is 2.41. The number of carboxylic acid groups (broad SMARTS) is 1. The van der Waals surface area contributed by atoms with Gasteiger partial charge in [0.1, 0.15) is 11.8 Å². The number of aromatic hydroxyl groups is 2. The van der Waals surface area contributed by atoms with Crippen LogP contribution < -0.4 is 15.3 Å². The number of urea groups is 1. The maximum absolute atomic E-state index is 13.4. The zero-order chi connectivity index (χ0) is 28.4. The molecule has 204 valence electrons. The van der Waals surface area contributed by atoms with E-state index in [4.69, 9.17) is 4.65 Å². The Kier molecular flexibility index (Phi) is 7.62. The Hall–Kier alpha value is -4.79. The van der Waals surface area contributed by atoms with Crippen LogP contribution >= 0.6 is 0 Å². The third kappa shape index (κ3) is 5.43. The molecule has 39 heavy (non-hydrogen) atoms. The van der Waals surface area contributed by atoms with E-state index in [-0.39, 0.29) is 42.9 Å². The first kappa shape index (κ1) is 27.3. The number of carbonyl (C=O) groups is 5. The van der Waals surface area contributed by atoms with Crippen molar-refractivity contribution in [1.82, 2.24) is 20.4 Å². The lowest BCUT2D eigenvalue weighted by molar-refractivity contribution is -0.153. The molecule has 0 saturated carbocycles. The Balaban J connectivity index is 1.57. The first-order chi connectivity index (χ1) is 18.5. The summed E-state index contributed by atoms with van der Waals surface area (Å²) in [6.45, 7) is 1.95. The van der Waals surface area contributed by atoms with Gasteiger partial charge in [-0.25, -0.2) is 9.59 Å². The number of nitrogens with zero attached hydrogens (tertiary/aromatic N) is 2. The molecule has 2 atom stereocenters. The lowest BCUT2D eigenvalue weighted by Crippen LogP contribution is -2.60. The van der Waals surface area contributed by atoms with Crippen LogP contribution in [0, 0.1) is 0 Å². The molecule has 2 aliphatic heterocycles. The number of nitrogens with one attached hydrogen (secondary N) is 2. The maximum atomic E-state index is 13.4. The Bertz CT molecular complexity index is 1350. The summed E-state index contributed by atoms with van der Waals surface area (Å²) >= 11 is 0. The standard InChI is InChI=1S/C24H25BN4O10/c1-2-28-8-9-29(22(34)21(28)33)24(37)27-18(12-6-7-15(30)16(31)10-12)20(32)26-17-11-13-4-3-5-14(23(35)36)19(13)39-25(17)38/h3-7,10,17-18,30-31,38H,2,8-9,11H2,1H3,(H,26,32)(H,27,37)(H,35,36)/t17-,18?/m0/s1. The molecule has 6 N–H and O–H groups in total. The number of hydrogen-bond donors (Lipinski definition) is 6. The second kappa shape index (κ2) is 10.9. The molecule has 0 bridgehead atoms. The molecule has 4 rings (SSSR count). The highest BCUT2D eigenvalue weighted by Crippen LogP contribution is 2.31. The molecule has 1 unspecified atom stereocenters. The predicted octanol–water partition coefficient (Wildman–Crippen LogP) is -0.623. The van der Waals surface area contributed by atoms with Gasteiger partial charge in [0.25, 0.3) is 0 Å². The van der Waals surface area contributed by atoms with Crippen LogP contribution in [-0.4, -0.2) is 92.6 Å². The number of phenols is 2. The van der Waals surface area contributed by atoms with Crippen molar-refractivity contribution in [3.05, 3.63) is 53.1 Å². The molecule has 0 spiro atoms. The smallest absolute Gasteiger partial charge is 0.534 e. The number of likely N-dealkylation sites (N-methyl/N-ethyl adjacent to an activating group) is 1. The van der Waals surface area contributed by atoms with Crippen molar-refractivity contribution in [2.75, 3.05) is 19.6 Å². The summed E-state index contributed by atoms with van der Waals surface area (Å²) in [7, 11) is -1.65. The Morgan fingerprint density at radius 1 is 1.10 bits per heavy atom. The lowest BCUT2D eigenvalue weighted by Gasteiger charge is -2.33. The number of fused-ring (bicyclic) bond motifs is 1. The number of hydrogen-bond acceptors (Lipinski definition) is 9. The molecule has 0 aromatic heterocycles. The molecule has 2 aliphatic rings. The number of aromatic carboxylic acids is 1. The van der Waals surface area contributed by atoms with Gasteiger partial charge in [0, 0.05) is 19.6 Å². The van der Waals surface area contributed by atoms with Gasteiger partial charge >= 0.3 is 30.9 Å². The van der Waals surface area contributed by atoms with Gasteiger partial charge < -0.3 is 40.5 Å². The van der Waals surface area contributed by atoms with Gasteiger partial charge in [-0.05, 0) is 42.7 Å². The number of rotatable bonds is 6. The predicted molar refractivity (Wildman–Crippen MR) is 133 cm³/mol. The SMILES string of the molecule is CCN1CCN(C(=O)NC(C(=O)N[C@H]2Cc3cccc(C(=O)O)c3OB2O)c2ccc(O)c(O)c2)C(=O)C1=O. The first-order valence-electron chi connectivity index (χ1n) is 11.9. The monoisotopic (exact) mass is 540 g/mol. The van der Waals surface area contributed by atoms with Gasteiger partial charge in [0.05, 0.1) is 11.5 Å². The van der Waals surface area contributed by atoms with Crippen LogP contribution in [0.3, 0.4) is 0 Å². The van der Waals surface area contributed by atoms with E-state index in [1.807, 2.05) is 0 Å². The second-order valence-electron chi connectivity index (χ2n) is 8.90. The van der Waals surface area contributed by atoms with Gasteiger partial charge in [0.2, 0.25) is 5.91 Å². The fourth-order valence-corrected chi connectivity index (χ4v) is 4.37. The molecular formula is C24H25BN4O10. The summed E-state index contributed by atoms with van der Waals surface area (Å²) in [5, 5.41) is 44.5. The van der Waals surface area contributed by atoms with Crippen molar-refractivity contribution >= 4 is 36.8 Å². The molecule has 15 heteroatoms. The summed E-state index contributed by atoms with van der Waals surface area (Å²) in [4.78, 5) is 64.6. The molecule has 2 aromatic rings. The van der Waals surface area contributed by atoms with E-state index >= 15 is 0 Å². The Morgan fingerprint density at radius 3 is 2.51 bits per heavy atom. The van der Waals surface area contributed by atoms with Crippen molar-refractivity contribution in [3.8, 4) is 17.2 Å². The molecular weight excluding hydrogens is 515 g/mol. The molecule has 1 fully saturated rings. The summed E-state index contributed by atoms with van der Waals surface area (Å²) in [5.41, 5.74) is 0.261. The van der Waals surface area contributed by atoms with Crippen molar-refractivity contribution in [2.24, 2.45) is 0 Å². The van der Waals surface area contributed by atoms with Gasteiger partial charge in [-0.15, -0.1) is 0 Å². The Morgan fingerprint density at radius 2 is 1.85 bits per heavy atom. The Labute approximate surface area is 221 Å². The number of imide groups is 1. The molecule has 0 aliphatic carbocycles. The quantitative estimate of drug-likeness (QED) is 0.156. The zero-order valence-electron chi connectivity index (χ0n) is 20.7. The second-order valence-corrected chi connectivity index (χ2v) is 8.90. The highest BCUT2D eigenvalue weighted by molar-refractivity contribution is 6.47. The summed E-state index contributed by atoms with van der Waals surface area (Å²) in [6, 6.07) is 5.15. The third-order valence-electron chi connectivity index (χ3n) is 6.48.